The first-order valence-corrected chi connectivity index (χ1v) is 6.76. The second-order valence-electron chi connectivity index (χ2n) is 3.09. The highest BCUT2D eigenvalue weighted by molar-refractivity contribution is 9.10. The van der Waals surface area contributed by atoms with Crippen LogP contribution in [0.1, 0.15) is 0 Å². The molecule has 0 heterocycles. The Bertz CT molecular complexity index is 530. The number of halogens is 1. The summed E-state index contributed by atoms with van der Waals surface area (Å²) in [6.45, 7) is -0.430. The van der Waals surface area contributed by atoms with E-state index in [9.17, 15) is 13.2 Å². The van der Waals surface area contributed by atoms with Crippen LogP contribution in [0, 0.1) is 0 Å². The number of sulfonamides is 1. The minimum atomic E-state index is -3.80. The summed E-state index contributed by atoms with van der Waals surface area (Å²) in [6, 6.07) is 4.37. The minimum Gasteiger partial charge on any atom is -0.468 e. The first kappa shape index (κ1) is 13.9. The summed E-state index contributed by atoms with van der Waals surface area (Å²) in [5.74, 6) is -0.673. The average molecular weight is 323 g/mol. The van der Waals surface area contributed by atoms with Gasteiger partial charge in [0.2, 0.25) is 10.0 Å². The van der Waals surface area contributed by atoms with Crippen molar-refractivity contribution in [2.24, 2.45) is 0 Å². The van der Waals surface area contributed by atoms with Crippen molar-refractivity contribution in [2.75, 3.05) is 19.4 Å². The second kappa shape index (κ2) is 5.48. The number of hydrogen-bond donors (Lipinski definition) is 2. The molecule has 1 aromatic rings. The standard InChI is InChI=1S/C9H11BrN2O4S/c1-16-9(13)5-12-17(14,15)8-4-6(11)2-3-7(8)10/h2-4,12H,5,11H2,1H3. The maximum atomic E-state index is 11.8. The fourth-order valence-electron chi connectivity index (χ4n) is 1.03. The zero-order valence-electron chi connectivity index (χ0n) is 8.94. The van der Waals surface area contributed by atoms with E-state index in [4.69, 9.17) is 5.73 Å². The molecule has 1 aromatic carbocycles. The molecule has 0 saturated carbocycles. The quantitative estimate of drug-likeness (QED) is 0.620. The van der Waals surface area contributed by atoms with Crippen LogP contribution in [-0.4, -0.2) is 28.0 Å². The Morgan fingerprint density at radius 2 is 2.18 bits per heavy atom. The molecule has 0 atom stereocenters. The van der Waals surface area contributed by atoms with Crippen LogP contribution in [0.4, 0.5) is 5.69 Å². The number of anilines is 1. The molecule has 0 aliphatic rings. The number of esters is 1. The van der Waals surface area contributed by atoms with Crippen LogP contribution >= 0.6 is 15.9 Å². The highest BCUT2D eigenvalue weighted by Crippen LogP contribution is 2.23. The van der Waals surface area contributed by atoms with E-state index >= 15 is 0 Å². The van der Waals surface area contributed by atoms with Gasteiger partial charge in [-0.15, -0.1) is 0 Å². The first-order valence-electron chi connectivity index (χ1n) is 4.48. The minimum absolute atomic E-state index is 0.0265. The first-order chi connectivity index (χ1) is 7.86. The Labute approximate surface area is 107 Å². The Morgan fingerprint density at radius 3 is 2.76 bits per heavy atom. The van der Waals surface area contributed by atoms with E-state index in [0.717, 1.165) is 0 Å². The van der Waals surface area contributed by atoms with Crippen molar-refractivity contribution in [3.8, 4) is 0 Å². The Morgan fingerprint density at radius 1 is 1.53 bits per heavy atom. The smallest absolute Gasteiger partial charge is 0.320 e. The Balaban J connectivity index is 2.97. The van der Waals surface area contributed by atoms with E-state index in [1.54, 1.807) is 6.07 Å². The summed E-state index contributed by atoms with van der Waals surface area (Å²) in [7, 11) is -2.62. The predicted octanol–water partition coefficient (Wildman–Crippen LogP) is 0.483. The zero-order valence-corrected chi connectivity index (χ0v) is 11.3. The highest BCUT2D eigenvalue weighted by Gasteiger charge is 2.19. The number of carbonyl (C=O) groups is 1. The van der Waals surface area contributed by atoms with Crippen molar-refractivity contribution in [1.82, 2.24) is 4.72 Å². The molecular formula is C9H11BrN2O4S. The van der Waals surface area contributed by atoms with Crippen LogP contribution in [0.3, 0.4) is 0 Å². The zero-order chi connectivity index (χ0) is 13.1. The number of methoxy groups -OCH3 is 1. The molecule has 1 rings (SSSR count). The lowest BCUT2D eigenvalue weighted by molar-refractivity contribution is -0.139. The molecule has 0 fully saturated rings. The van der Waals surface area contributed by atoms with Crippen LogP contribution in [0.2, 0.25) is 0 Å². The molecule has 0 bridgehead atoms. The number of hydrogen-bond acceptors (Lipinski definition) is 5. The van der Waals surface area contributed by atoms with Gasteiger partial charge in [0.25, 0.3) is 0 Å². The third-order valence-electron chi connectivity index (χ3n) is 1.88. The van der Waals surface area contributed by atoms with Gasteiger partial charge in [-0.25, -0.2) is 8.42 Å². The molecule has 0 aliphatic heterocycles. The number of benzene rings is 1. The van der Waals surface area contributed by atoms with E-state index in [2.05, 4.69) is 25.4 Å². The van der Waals surface area contributed by atoms with Crippen LogP contribution in [0.25, 0.3) is 0 Å². The molecule has 3 N–H and O–H groups in total. The summed E-state index contributed by atoms with van der Waals surface area (Å²) in [5, 5.41) is 0. The Hall–Kier alpha value is -1.12. The fourth-order valence-corrected chi connectivity index (χ4v) is 3.00. The van der Waals surface area contributed by atoms with E-state index in [1.807, 2.05) is 0 Å². The molecule has 0 radical (unpaired) electrons. The van der Waals surface area contributed by atoms with Gasteiger partial charge in [0.15, 0.2) is 0 Å². The van der Waals surface area contributed by atoms with Gasteiger partial charge in [0.05, 0.1) is 12.0 Å². The van der Waals surface area contributed by atoms with E-state index in [1.165, 1.54) is 19.2 Å². The third-order valence-corrected chi connectivity index (χ3v) is 4.27. The van der Waals surface area contributed by atoms with Crippen molar-refractivity contribution in [1.29, 1.82) is 0 Å². The summed E-state index contributed by atoms with van der Waals surface area (Å²) >= 11 is 3.10. The molecule has 0 unspecified atom stereocenters. The molecule has 94 valence electrons. The highest BCUT2D eigenvalue weighted by atomic mass is 79.9. The molecule has 8 heteroatoms. The summed E-state index contributed by atoms with van der Waals surface area (Å²) in [4.78, 5) is 10.8. The molecule has 17 heavy (non-hydrogen) atoms. The lowest BCUT2D eigenvalue weighted by Gasteiger charge is -2.08. The van der Waals surface area contributed by atoms with Crippen LogP contribution in [0.5, 0.6) is 0 Å². The third kappa shape index (κ3) is 3.69. The second-order valence-corrected chi connectivity index (χ2v) is 5.68. The number of nitrogen functional groups attached to an aromatic ring is 1. The van der Waals surface area contributed by atoms with E-state index in [-0.39, 0.29) is 4.90 Å². The van der Waals surface area contributed by atoms with Crippen molar-refractivity contribution < 1.29 is 17.9 Å². The monoisotopic (exact) mass is 322 g/mol. The number of nitrogens with two attached hydrogens (primary N) is 1. The van der Waals surface area contributed by atoms with Gasteiger partial charge in [-0.1, -0.05) is 0 Å². The largest absolute Gasteiger partial charge is 0.468 e. The van der Waals surface area contributed by atoms with E-state index < -0.39 is 22.5 Å². The van der Waals surface area contributed by atoms with Crippen LogP contribution in [0.15, 0.2) is 27.6 Å². The molecule has 6 nitrogen and oxygen atoms in total. The summed E-state index contributed by atoms with van der Waals surface area (Å²) in [6.07, 6.45) is 0. The molecule has 0 spiro atoms. The molecule has 0 aliphatic carbocycles. The topological polar surface area (TPSA) is 98.5 Å². The molecule has 0 saturated heterocycles. The summed E-state index contributed by atoms with van der Waals surface area (Å²) in [5.41, 5.74) is 5.81. The van der Waals surface area contributed by atoms with Gasteiger partial charge >= 0.3 is 5.97 Å². The van der Waals surface area contributed by atoms with Gasteiger partial charge in [0.1, 0.15) is 6.54 Å². The van der Waals surface area contributed by atoms with Crippen molar-refractivity contribution in [3.05, 3.63) is 22.7 Å². The fraction of sp³-hybridized carbons (Fsp3) is 0.222. The Kier molecular flexibility index (Phi) is 4.49. The molecule has 0 aromatic heterocycles. The van der Waals surface area contributed by atoms with Crippen LogP contribution in [-0.2, 0) is 19.6 Å². The number of rotatable bonds is 4. The van der Waals surface area contributed by atoms with Gasteiger partial charge < -0.3 is 10.5 Å². The van der Waals surface area contributed by atoms with Crippen LogP contribution < -0.4 is 10.5 Å². The molecule has 0 amide bonds. The number of nitrogens with one attached hydrogen (secondary N) is 1. The van der Waals surface area contributed by atoms with Crippen molar-refractivity contribution in [3.63, 3.8) is 0 Å². The molecular weight excluding hydrogens is 312 g/mol. The predicted molar refractivity (Wildman–Crippen MR) is 65.8 cm³/mol. The lowest BCUT2D eigenvalue weighted by atomic mass is 10.3. The van der Waals surface area contributed by atoms with Crippen molar-refractivity contribution >= 4 is 37.6 Å². The average Bonchev–Trinajstić information content (AvgIpc) is 2.29. The van der Waals surface area contributed by atoms with Gasteiger partial charge in [-0.2, -0.15) is 4.72 Å². The number of ether oxygens (including phenoxy) is 1. The SMILES string of the molecule is COC(=O)CNS(=O)(=O)c1cc(N)ccc1Br. The van der Waals surface area contributed by atoms with Gasteiger partial charge in [-0.05, 0) is 34.1 Å². The maximum Gasteiger partial charge on any atom is 0.320 e. The number of carbonyl (C=O) groups excluding carboxylic acids is 1. The maximum absolute atomic E-state index is 11.8. The lowest BCUT2D eigenvalue weighted by Crippen LogP contribution is -2.30. The van der Waals surface area contributed by atoms with Gasteiger partial charge in [-0.3, -0.25) is 4.79 Å². The van der Waals surface area contributed by atoms with E-state index in [0.29, 0.717) is 10.2 Å². The summed E-state index contributed by atoms with van der Waals surface area (Å²) < 4.78 is 30.4. The van der Waals surface area contributed by atoms with Crippen molar-refractivity contribution in [2.45, 2.75) is 4.90 Å². The normalized spacial score (nSPS) is 11.2. The van der Waals surface area contributed by atoms with Gasteiger partial charge in [0, 0.05) is 10.2 Å².